The van der Waals surface area contributed by atoms with Gasteiger partial charge < -0.3 is 0 Å². The Balaban J connectivity index is 2.12. The zero-order chi connectivity index (χ0) is 12.5. The highest BCUT2D eigenvalue weighted by atomic mass is 19.1. The Hall–Kier alpha value is -0.890. The van der Waals surface area contributed by atoms with Crippen LogP contribution in [0.5, 0.6) is 0 Å². The Morgan fingerprint density at radius 3 is 2.71 bits per heavy atom. The van der Waals surface area contributed by atoms with Crippen molar-refractivity contribution in [3.8, 4) is 0 Å². The summed E-state index contributed by atoms with van der Waals surface area (Å²) < 4.78 is 13.7. The maximum atomic E-state index is 13.7. The molecule has 1 aliphatic rings. The quantitative estimate of drug-likeness (QED) is 0.773. The van der Waals surface area contributed by atoms with E-state index < -0.39 is 0 Å². The zero-order valence-electron chi connectivity index (χ0n) is 11.1. The summed E-state index contributed by atoms with van der Waals surface area (Å²) in [4.78, 5) is 2.44. The Bertz CT molecular complexity index is 398. The molecule has 0 unspecified atom stereocenters. The van der Waals surface area contributed by atoms with E-state index in [9.17, 15) is 4.39 Å². The lowest BCUT2D eigenvalue weighted by Gasteiger charge is -2.21. The van der Waals surface area contributed by atoms with Crippen LogP contribution in [0.15, 0.2) is 18.2 Å². The Morgan fingerprint density at radius 1 is 1.35 bits per heavy atom. The van der Waals surface area contributed by atoms with E-state index in [-0.39, 0.29) is 5.82 Å². The van der Waals surface area contributed by atoms with E-state index in [1.807, 2.05) is 13.0 Å². The van der Waals surface area contributed by atoms with Crippen molar-refractivity contribution in [2.24, 2.45) is 5.41 Å². The number of likely N-dealkylation sites (tertiary alicyclic amines) is 1. The summed E-state index contributed by atoms with van der Waals surface area (Å²) in [6, 6.07) is 5.45. The van der Waals surface area contributed by atoms with Gasteiger partial charge in [-0.05, 0) is 42.0 Å². The molecule has 2 rings (SSSR count). The molecule has 0 amide bonds. The number of hydrogen-bond donors (Lipinski definition) is 0. The van der Waals surface area contributed by atoms with Gasteiger partial charge in [-0.2, -0.15) is 0 Å². The topological polar surface area (TPSA) is 3.24 Å². The predicted octanol–water partition coefficient (Wildman–Crippen LogP) is 3.62. The van der Waals surface area contributed by atoms with Crippen LogP contribution in [-0.4, -0.2) is 18.0 Å². The lowest BCUT2D eigenvalue weighted by molar-refractivity contribution is 0.283. The van der Waals surface area contributed by atoms with Crippen LogP contribution in [0.4, 0.5) is 4.39 Å². The monoisotopic (exact) mass is 235 g/mol. The predicted molar refractivity (Wildman–Crippen MR) is 69.5 cm³/mol. The number of benzene rings is 1. The van der Waals surface area contributed by atoms with Gasteiger partial charge in [0, 0.05) is 13.1 Å². The normalized spacial score (nSPS) is 19.8. The van der Waals surface area contributed by atoms with Crippen LogP contribution in [0.3, 0.4) is 0 Å². The molecule has 1 saturated heterocycles. The van der Waals surface area contributed by atoms with Crippen molar-refractivity contribution in [3.05, 3.63) is 35.1 Å². The summed E-state index contributed by atoms with van der Waals surface area (Å²) >= 11 is 0. The fourth-order valence-corrected chi connectivity index (χ4v) is 2.75. The molecule has 2 heteroatoms. The molecular weight excluding hydrogens is 213 g/mol. The molecule has 1 nitrogen and oxygen atoms in total. The van der Waals surface area contributed by atoms with Crippen LogP contribution in [0.2, 0.25) is 0 Å². The highest BCUT2D eigenvalue weighted by Crippen LogP contribution is 2.30. The second kappa shape index (κ2) is 4.77. The molecule has 1 aliphatic heterocycles. The van der Waals surface area contributed by atoms with E-state index in [0.717, 1.165) is 37.2 Å². The Kier molecular flexibility index (Phi) is 3.53. The molecule has 0 N–H and O–H groups in total. The molecule has 1 heterocycles. The molecule has 0 aromatic heterocycles. The summed E-state index contributed by atoms with van der Waals surface area (Å²) in [5.74, 6) is -0.0524. The molecule has 0 aliphatic carbocycles. The van der Waals surface area contributed by atoms with E-state index in [1.54, 1.807) is 6.07 Å². The van der Waals surface area contributed by atoms with Gasteiger partial charge in [0.15, 0.2) is 0 Å². The molecule has 0 radical (unpaired) electrons. The lowest BCUT2D eigenvalue weighted by atomic mass is 9.93. The van der Waals surface area contributed by atoms with Crippen LogP contribution in [0.1, 0.15) is 38.3 Å². The van der Waals surface area contributed by atoms with Crippen molar-refractivity contribution in [3.63, 3.8) is 0 Å². The summed E-state index contributed by atoms with van der Waals surface area (Å²) in [5.41, 5.74) is 2.46. The molecule has 0 atom stereocenters. The zero-order valence-corrected chi connectivity index (χ0v) is 11.1. The number of halogens is 1. The van der Waals surface area contributed by atoms with Crippen molar-refractivity contribution in [1.29, 1.82) is 0 Å². The highest BCUT2D eigenvalue weighted by molar-refractivity contribution is 5.28. The first-order valence-corrected chi connectivity index (χ1v) is 6.50. The molecule has 1 fully saturated rings. The van der Waals surface area contributed by atoms with Gasteiger partial charge in [0.05, 0.1) is 0 Å². The van der Waals surface area contributed by atoms with Crippen LogP contribution >= 0.6 is 0 Å². The molecule has 1 aromatic carbocycles. The van der Waals surface area contributed by atoms with Crippen molar-refractivity contribution in [2.75, 3.05) is 13.1 Å². The van der Waals surface area contributed by atoms with Crippen LogP contribution < -0.4 is 0 Å². The summed E-state index contributed by atoms with van der Waals surface area (Å²) in [6.45, 7) is 9.78. The maximum absolute atomic E-state index is 13.7. The largest absolute Gasteiger partial charge is 0.299 e. The van der Waals surface area contributed by atoms with Gasteiger partial charge in [-0.1, -0.05) is 32.9 Å². The van der Waals surface area contributed by atoms with Crippen molar-refractivity contribution >= 4 is 0 Å². The third kappa shape index (κ3) is 2.86. The standard InChI is InChI=1S/C15H22FN/c1-4-13-12(6-5-7-14(13)16)10-17-9-8-15(2,3)11-17/h5-7H,4,8-11H2,1-3H3. The minimum absolute atomic E-state index is 0.0524. The lowest BCUT2D eigenvalue weighted by Crippen LogP contribution is -2.23. The van der Waals surface area contributed by atoms with Gasteiger partial charge in [-0.3, -0.25) is 4.90 Å². The minimum Gasteiger partial charge on any atom is -0.299 e. The average molecular weight is 235 g/mol. The molecule has 0 spiro atoms. The summed E-state index contributed by atoms with van der Waals surface area (Å²) in [6.07, 6.45) is 2.02. The molecule has 0 saturated carbocycles. The average Bonchev–Trinajstić information content (AvgIpc) is 2.58. The first-order valence-electron chi connectivity index (χ1n) is 6.50. The second-order valence-corrected chi connectivity index (χ2v) is 5.86. The Labute approximate surface area is 104 Å². The summed E-state index contributed by atoms with van der Waals surface area (Å²) in [5, 5.41) is 0. The van der Waals surface area contributed by atoms with Gasteiger partial charge in [-0.15, -0.1) is 0 Å². The van der Waals surface area contributed by atoms with E-state index in [4.69, 9.17) is 0 Å². The third-order valence-electron chi connectivity index (χ3n) is 3.72. The van der Waals surface area contributed by atoms with Gasteiger partial charge in [0.2, 0.25) is 0 Å². The smallest absolute Gasteiger partial charge is 0.126 e. The van der Waals surface area contributed by atoms with Crippen LogP contribution in [-0.2, 0) is 13.0 Å². The first kappa shape index (κ1) is 12.6. The van der Waals surface area contributed by atoms with Gasteiger partial charge in [0.1, 0.15) is 5.82 Å². The highest BCUT2D eigenvalue weighted by Gasteiger charge is 2.29. The van der Waals surface area contributed by atoms with Crippen molar-refractivity contribution in [1.82, 2.24) is 4.90 Å². The fraction of sp³-hybridized carbons (Fsp3) is 0.600. The Morgan fingerprint density at radius 2 is 2.12 bits per heavy atom. The van der Waals surface area contributed by atoms with Gasteiger partial charge >= 0.3 is 0 Å². The number of hydrogen-bond acceptors (Lipinski definition) is 1. The fourth-order valence-electron chi connectivity index (χ4n) is 2.75. The van der Waals surface area contributed by atoms with E-state index in [0.29, 0.717) is 5.41 Å². The summed E-state index contributed by atoms with van der Waals surface area (Å²) in [7, 11) is 0. The maximum Gasteiger partial charge on any atom is 0.126 e. The van der Waals surface area contributed by atoms with Crippen molar-refractivity contribution in [2.45, 2.75) is 40.2 Å². The molecule has 17 heavy (non-hydrogen) atoms. The molecule has 1 aromatic rings. The first-order chi connectivity index (χ1) is 8.02. The molecular formula is C15H22FN. The van der Waals surface area contributed by atoms with Gasteiger partial charge in [0.25, 0.3) is 0 Å². The number of rotatable bonds is 3. The van der Waals surface area contributed by atoms with E-state index in [1.165, 1.54) is 6.42 Å². The van der Waals surface area contributed by atoms with Crippen LogP contribution in [0, 0.1) is 11.2 Å². The van der Waals surface area contributed by atoms with E-state index >= 15 is 0 Å². The number of nitrogens with zero attached hydrogens (tertiary/aromatic N) is 1. The SMILES string of the molecule is CCc1c(F)cccc1CN1CCC(C)(C)C1. The molecule has 94 valence electrons. The minimum atomic E-state index is -0.0524. The third-order valence-corrected chi connectivity index (χ3v) is 3.72. The van der Waals surface area contributed by atoms with E-state index in [2.05, 4.69) is 24.8 Å². The van der Waals surface area contributed by atoms with Crippen molar-refractivity contribution < 1.29 is 4.39 Å². The molecule has 0 bridgehead atoms. The van der Waals surface area contributed by atoms with Crippen LogP contribution in [0.25, 0.3) is 0 Å². The second-order valence-electron chi connectivity index (χ2n) is 5.86. The van der Waals surface area contributed by atoms with Gasteiger partial charge in [-0.25, -0.2) is 4.39 Å².